The van der Waals surface area contributed by atoms with Gasteiger partial charge in [0, 0.05) is 19.1 Å². The third-order valence-corrected chi connectivity index (χ3v) is 3.95. The van der Waals surface area contributed by atoms with E-state index in [1.807, 2.05) is 0 Å². The minimum absolute atomic E-state index is 0.661. The van der Waals surface area contributed by atoms with Gasteiger partial charge in [-0.15, -0.1) is 0 Å². The average molecular weight is 285 g/mol. The van der Waals surface area contributed by atoms with Crippen LogP contribution >= 0.6 is 0 Å². The van der Waals surface area contributed by atoms with Gasteiger partial charge in [-0.05, 0) is 32.4 Å². The summed E-state index contributed by atoms with van der Waals surface area (Å²) in [6.07, 6.45) is 9.78. The molecule has 2 nitrogen and oxygen atoms in total. The Labute approximate surface area is 128 Å². The lowest BCUT2D eigenvalue weighted by molar-refractivity contribution is 0.258. The van der Waals surface area contributed by atoms with Crippen molar-refractivity contribution in [2.24, 2.45) is 11.8 Å². The van der Waals surface area contributed by atoms with Crippen molar-refractivity contribution in [2.75, 3.05) is 27.2 Å². The van der Waals surface area contributed by atoms with Gasteiger partial charge >= 0.3 is 0 Å². The van der Waals surface area contributed by atoms with Gasteiger partial charge in [0.2, 0.25) is 0 Å². The minimum Gasteiger partial charge on any atom is -0.316 e. The Morgan fingerprint density at radius 2 is 1.30 bits per heavy atom. The zero-order valence-electron chi connectivity index (χ0n) is 15.0. The number of nitrogens with zero attached hydrogens (tertiary/aromatic N) is 1. The maximum Gasteiger partial charge on any atom is 0.0191 e. The summed E-state index contributed by atoms with van der Waals surface area (Å²) in [5.74, 6) is 1.64. The van der Waals surface area contributed by atoms with Crippen molar-refractivity contribution >= 4 is 0 Å². The number of hydrogen-bond acceptors (Lipinski definition) is 2. The van der Waals surface area contributed by atoms with Gasteiger partial charge in [-0.2, -0.15) is 0 Å². The first-order chi connectivity index (χ1) is 9.45. The number of rotatable bonds is 13. The molecule has 0 bridgehead atoms. The summed E-state index contributed by atoms with van der Waals surface area (Å²) < 4.78 is 0. The fourth-order valence-electron chi connectivity index (χ4n) is 2.87. The van der Waals surface area contributed by atoms with Crippen LogP contribution < -0.4 is 5.32 Å². The fourth-order valence-corrected chi connectivity index (χ4v) is 2.87. The van der Waals surface area contributed by atoms with E-state index in [1.54, 1.807) is 0 Å². The molecule has 0 radical (unpaired) electrons. The fraction of sp³-hybridized carbons (Fsp3) is 1.00. The lowest BCUT2D eigenvalue weighted by Gasteiger charge is -2.25. The van der Waals surface area contributed by atoms with Crippen molar-refractivity contribution < 1.29 is 0 Å². The number of hydrogen-bond donors (Lipinski definition) is 1. The molecule has 0 aliphatic heterocycles. The lowest BCUT2D eigenvalue weighted by atomic mass is 10.0. The van der Waals surface area contributed by atoms with Crippen LogP contribution in [0.1, 0.15) is 72.6 Å². The Balaban J connectivity index is 3.54. The van der Waals surface area contributed by atoms with E-state index in [-0.39, 0.29) is 0 Å². The largest absolute Gasteiger partial charge is 0.316 e. The molecule has 0 rings (SSSR count). The van der Waals surface area contributed by atoms with Crippen LogP contribution in [0.25, 0.3) is 0 Å². The molecule has 0 aliphatic carbocycles. The van der Waals surface area contributed by atoms with E-state index in [4.69, 9.17) is 0 Å². The highest BCUT2D eigenvalue weighted by molar-refractivity contribution is 4.69. The average Bonchev–Trinajstić information content (AvgIpc) is 2.34. The molecule has 0 aromatic carbocycles. The highest BCUT2D eigenvalue weighted by Gasteiger charge is 2.10. The van der Waals surface area contributed by atoms with E-state index in [0.29, 0.717) is 6.04 Å². The molecule has 1 N–H and O–H groups in total. The van der Waals surface area contributed by atoms with Crippen molar-refractivity contribution in [3.8, 4) is 0 Å². The predicted octanol–water partition coefficient (Wildman–Crippen LogP) is 4.55. The van der Waals surface area contributed by atoms with Gasteiger partial charge in [0.25, 0.3) is 0 Å². The molecule has 0 spiro atoms. The van der Waals surface area contributed by atoms with Gasteiger partial charge < -0.3 is 10.2 Å². The van der Waals surface area contributed by atoms with Gasteiger partial charge in [0.1, 0.15) is 0 Å². The summed E-state index contributed by atoms with van der Waals surface area (Å²) in [7, 11) is 4.35. The van der Waals surface area contributed by atoms with Crippen LogP contribution in [-0.4, -0.2) is 38.1 Å². The Morgan fingerprint density at radius 1 is 0.750 bits per heavy atom. The Kier molecular flexibility index (Phi) is 12.6. The smallest absolute Gasteiger partial charge is 0.0191 e. The zero-order chi connectivity index (χ0) is 15.4. The standard InChI is InChI=1S/C18H40N2/c1-16(2)12-10-8-7-9-11-13-18(19-5)15-20(6)14-17(3)4/h16-19H,7-15H2,1-6H3. The molecule has 122 valence electrons. The third-order valence-electron chi connectivity index (χ3n) is 3.95. The first-order valence-electron chi connectivity index (χ1n) is 8.81. The maximum absolute atomic E-state index is 3.48. The number of unbranched alkanes of at least 4 members (excludes halogenated alkanes) is 4. The van der Waals surface area contributed by atoms with E-state index in [9.17, 15) is 0 Å². The van der Waals surface area contributed by atoms with Gasteiger partial charge in [-0.1, -0.05) is 66.2 Å². The number of likely N-dealkylation sites (N-methyl/N-ethyl adjacent to an activating group) is 2. The topological polar surface area (TPSA) is 15.3 Å². The molecule has 0 aromatic rings. The summed E-state index contributed by atoms with van der Waals surface area (Å²) in [6, 6.07) is 0.661. The molecule has 0 saturated carbocycles. The van der Waals surface area contributed by atoms with Gasteiger partial charge in [0.15, 0.2) is 0 Å². The first kappa shape index (κ1) is 19.9. The molecule has 1 unspecified atom stereocenters. The van der Waals surface area contributed by atoms with Crippen LogP contribution in [0, 0.1) is 11.8 Å². The van der Waals surface area contributed by atoms with E-state index in [1.165, 1.54) is 58.0 Å². The van der Waals surface area contributed by atoms with Crippen molar-refractivity contribution in [3.63, 3.8) is 0 Å². The predicted molar refractivity (Wildman–Crippen MR) is 92.3 cm³/mol. The molecule has 20 heavy (non-hydrogen) atoms. The molecular weight excluding hydrogens is 244 g/mol. The van der Waals surface area contributed by atoms with Crippen LogP contribution in [0.5, 0.6) is 0 Å². The van der Waals surface area contributed by atoms with Crippen molar-refractivity contribution in [1.29, 1.82) is 0 Å². The Bertz CT molecular complexity index is 202. The van der Waals surface area contributed by atoms with E-state index in [2.05, 4.69) is 52.0 Å². The van der Waals surface area contributed by atoms with Crippen molar-refractivity contribution in [3.05, 3.63) is 0 Å². The molecule has 0 aromatic heterocycles. The summed E-state index contributed by atoms with van der Waals surface area (Å²) in [5.41, 5.74) is 0. The molecule has 0 heterocycles. The van der Waals surface area contributed by atoms with Crippen molar-refractivity contribution in [1.82, 2.24) is 10.2 Å². The second kappa shape index (κ2) is 12.6. The summed E-state index contributed by atoms with van der Waals surface area (Å²) in [6.45, 7) is 11.6. The lowest BCUT2D eigenvalue weighted by Crippen LogP contribution is -2.39. The van der Waals surface area contributed by atoms with E-state index < -0.39 is 0 Å². The maximum atomic E-state index is 3.48. The second-order valence-corrected chi connectivity index (χ2v) is 7.34. The first-order valence-corrected chi connectivity index (χ1v) is 8.81. The van der Waals surface area contributed by atoms with Crippen molar-refractivity contribution in [2.45, 2.75) is 78.7 Å². The highest BCUT2D eigenvalue weighted by Crippen LogP contribution is 2.12. The Morgan fingerprint density at radius 3 is 1.80 bits per heavy atom. The quantitative estimate of drug-likeness (QED) is 0.499. The van der Waals surface area contributed by atoms with E-state index >= 15 is 0 Å². The molecule has 1 atom stereocenters. The third kappa shape index (κ3) is 12.9. The van der Waals surface area contributed by atoms with Crippen LogP contribution in [0.2, 0.25) is 0 Å². The van der Waals surface area contributed by atoms with Crippen LogP contribution in [0.3, 0.4) is 0 Å². The van der Waals surface area contributed by atoms with Gasteiger partial charge in [0.05, 0.1) is 0 Å². The van der Waals surface area contributed by atoms with Crippen LogP contribution in [0.15, 0.2) is 0 Å². The molecule has 2 heteroatoms. The molecule has 0 amide bonds. The highest BCUT2D eigenvalue weighted by atomic mass is 15.1. The second-order valence-electron chi connectivity index (χ2n) is 7.34. The van der Waals surface area contributed by atoms with Gasteiger partial charge in [-0.3, -0.25) is 0 Å². The van der Waals surface area contributed by atoms with E-state index in [0.717, 1.165) is 11.8 Å². The SMILES string of the molecule is CNC(CCCCCCCC(C)C)CN(C)CC(C)C. The van der Waals surface area contributed by atoms with Crippen LogP contribution in [0.4, 0.5) is 0 Å². The molecular formula is C18H40N2. The minimum atomic E-state index is 0.661. The molecule has 0 aliphatic rings. The number of nitrogens with one attached hydrogen (secondary N) is 1. The van der Waals surface area contributed by atoms with Crippen LogP contribution in [-0.2, 0) is 0 Å². The summed E-state index contributed by atoms with van der Waals surface area (Å²) in [4.78, 5) is 2.47. The Hall–Kier alpha value is -0.0800. The monoisotopic (exact) mass is 284 g/mol. The molecule has 0 fully saturated rings. The normalized spacial score (nSPS) is 13.7. The zero-order valence-corrected chi connectivity index (χ0v) is 15.0. The van der Waals surface area contributed by atoms with Gasteiger partial charge in [-0.25, -0.2) is 0 Å². The molecule has 0 saturated heterocycles. The summed E-state index contributed by atoms with van der Waals surface area (Å²) >= 11 is 0. The summed E-state index contributed by atoms with van der Waals surface area (Å²) in [5, 5.41) is 3.48.